The zero-order chi connectivity index (χ0) is 12.4. The van der Waals surface area contributed by atoms with Crippen LogP contribution < -0.4 is 5.73 Å². The minimum atomic E-state index is -0.498. The van der Waals surface area contributed by atoms with Crippen LogP contribution in [0, 0.1) is 0 Å². The first kappa shape index (κ1) is 13.9. The molecule has 16 heavy (non-hydrogen) atoms. The van der Waals surface area contributed by atoms with Gasteiger partial charge in [-0.15, -0.1) is 0 Å². The second kappa shape index (κ2) is 5.03. The highest BCUT2D eigenvalue weighted by molar-refractivity contribution is 6.31. The van der Waals surface area contributed by atoms with E-state index in [1.807, 2.05) is 0 Å². The van der Waals surface area contributed by atoms with Crippen molar-refractivity contribution in [1.29, 1.82) is 0 Å². The Morgan fingerprint density at radius 2 is 1.94 bits per heavy atom. The minimum absolute atomic E-state index is 0.0997. The number of nitrogens with two attached hydrogens (primary N) is 1. The van der Waals surface area contributed by atoms with Crippen molar-refractivity contribution in [2.75, 3.05) is 0 Å². The number of hydrogen-bond donors (Lipinski definition) is 1. The summed E-state index contributed by atoms with van der Waals surface area (Å²) >= 11 is 0. The molecule has 94 valence electrons. The van der Waals surface area contributed by atoms with Crippen molar-refractivity contribution in [3.05, 3.63) is 11.6 Å². The highest BCUT2D eigenvalue weighted by Crippen LogP contribution is 2.31. The van der Waals surface area contributed by atoms with Gasteiger partial charge in [-0.05, 0) is 43.7 Å². The van der Waals surface area contributed by atoms with Gasteiger partial charge in [-0.25, -0.2) is 0 Å². The fraction of sp³-hybridized carbons (Fsp3) is 0.846. The molecule has 0 heterocycles. The highest BCUT2D eigenvalue weighted by Gasteiger charge is 2.28. The Morgan fingerprint density at radius 3 is 2.44 bits per heavy atom. The molecule has 0 fully saturated rings. The first-order valence-corrected chi connectivity index (χ1v) is 7.60. The molecule has 3 heteroatoms. The van der Waals surface area contributed by atoms with Crippen molar-refractivity contribution in [2.45, 2.75) is 70.6 Å². The van der Waals surface area contributed by atoms with E-state index in [9.17, 15) is 0 Å². The highest BCUT2D eigenvalue weighted by atomic mass is 28.2. The van der Waals surface area contributed by atoms with Crippen LogP contribution in [0.4, 0.5) is 0 Å². The molecule has 0 amide bonds. The van der Waals surface area contributed by atoms with Crippen LogP contribution in [0.15, 0.2) is 11.6 Å². The van der Waals surface area contributed by atoms with Crippen LogP contribution in [0.25, 0.3) is 0 Å². The molecule has 0 radical (unpaired) electrons. The first-order chi connectivity index (χ1) is 7.21. The molecule has 0 bridgehead atoms. The molecule has 2 N–H and O–H groups in total. The lowest BCUT2D eigenvalue weighted by atomic mass is 9.86. The lowest BCUT2D eigenvalue weighted by Crippen LogP contribution is -2.35. The summed E-state index contributed by atoms with van der Waals surface area (Å²) in [4.78, 5) is 0. The normalized spacial score (nSPS) is 23.9. The molecular weight excluding hydrogens is 214 g/mol. The van der Waals surface area contributed by atoms with Crippen molar-refractivity contribution in [3.63, 3.8) is 0 Å². The Labute approximate surface area is 103 Å². The Bertz CT molecular complexity index is 266. The fourth-order valence-corrected chi connectivity index (χ4v) is 2.92. The summed E-state index contributed by atoms with van der Waals surface area (Å²) in [5.74, 6) is 0. The molecule has 1 aliphatic rings. The van der Waals surface area contributed by atoms with E-state index >= 15 is 0 Å². The van der Waals surface area contributed by atoms with Crippen LogP contribution in [0.3, 0.4) is 0 Å². The lowest BCUT2D eigenvalue weighted by Gasteiger charge is -2.35. The molecule has 0 saturated carbocycles. The smallest absolute Gasteiger partial charge is 0.168 e. The second-order valence-corrected chi connectivity index (χ2v) is 9.31. The summed E-state index contributed by atoms with van der Waals surface area (Å²) in [5.41, 5.74) is 7.29. The van der Waals surface area contributed by atoms with Crippen LogP contribution in [0.1, 0.15) is 53.9 Å². The van der Waals surface area contributed by atoms with Gasteiger partial charge in [0.2, 0.25) is 0 Å². The minimum Gasteiger partial charge on any atom is -0.415 e. The molecule has 0 aromatic rings. The quantitative estimate of drug-likeness (QED) is 0.609. The van der Waals surface area contributed by atoms with Gasteiger partial charge >= 0.3 is 0 Å². The van der Waals surface area contributed by atoms with Crippen molar-refractivity contribution in [3.8, 4) is 0 Å². The summed E-state index contributed by atoms with van der Waals surface area (Å²) in [6.45, 7) is 11.2. The Hall–Kier alpha value is -0.123. The van der Waals surface area contributed by atoms with E-state index in [1.165, 1.54) is 12.0 Å². The fourth-order valence-electron chi connectivity index (χ4n) is 1.94. The van der Waals surface area contributed by atoms with Crippen LogP contribution >= 0.6 is 0 Å². The molecule has 0 aliphatic heterocycles. The standard InChI is InChI=1S/C13H27NOSi/c1-12(2,3)16-15-13(4,5)10-7-6-8-11(14)9-10/h9,11H,6-8,14,16H2,1-5H3. The van der Waals surface area contributed by atoms with Crippen LogP contribution in [-0.2, 0) is 4.43 Å². The molecule has 1 aliphatic carbocycles. The van der Waals surface area contributed by atoms with Crippen molar-refractivity contribution in [2.24, 2.45) is 5.73 Å². The maximum atomic E-state index is 6.20. The van der Waals surface area contributed by atoms with E-state index in [0.29, 0.717) is 5.04 Å². The second-order valence-electron chi connectivity index (χ2n) is 6.61. The number of hydrogen-bond acceptors (Lipinski definition) is 2. The summed E-state index contributed by atoms with van der Waals surface area (Å²) in [5, 5.41) is 0.356. The average molecular weight is 241 g/mol. The topological polar surface area (TPSA) is 35.2 Å². The van der Waals surface area contributed by atoms with Gasteiger partial charge in [0, 0.05) is 6.04 Å². The largest absolute Gasteiger partial charge is 0.415 e. The van der Waals surface area contributed by atoms with Gasteiger partial charge < -0.3 is 10.2 Å². The monoisotopic (exact) mass is 241 g/mol. The molecule has 1 unspecified atom stereocenters. The Balaban J connectivity index is 2.62. The van der Waals surface area contributed by atoms with Gasteiger partial charge in [-0.1, -0.05) is 26.8 Å². The van der Waals surface area contributed by atoms with Gasteiger partial charge in [0.25, 0.3) is 0 Å². The molecule has 0 aromatic carbocycles. The van der Waals surface area contributed by atoms with E-state index in [4.69, 9.17) is 10.2 Å². The maximum absolute atomic E-state index is 6.20. The van der Waals surface area contributed by atoms with Crippen LogP contribution in [0.2, 0.25) is 5.04 Å². The third-order valence-electron chi connectivity index (χ3n) is 3.04. The summed E-state index contributed by atoms with van der Waals surface area (Å²) in [6, 6.07) is 0.239. The van der Waals surface area contributed by atoms with Gasteiger partial charge in [0.15, 0.2) is 9.76 Å². The van der Waals surface area contributed by atoms with Crippen molar-refractivity contribution >= 4 is 9.76 Å². The molecule has 0 spiro atoms. The van der Waals surface area contributed by atoms with E-state index in [2.05, 4.69) is 40.7 Å². The van der Waals surface area contributed by atoms with E-state index < -0.39 is 9.76 Å². The van der Waals surface area contributed by atoms with Gasteiger partial charge in [0.05, 0.1) is 5.60 Å². The predicted octanol–water partition coefficient (Wildman–Crippen LogP) is 2.52. The van der Waals surface area contributed by atoms with Crippen molar-refractivity contribution in [1.82, 2.24) is 0 Å². The Kier molecular flexibility index (Phi) is 4.38. The maximum Gasteiger partial charge on any atom is 0.168 e. The molecule has 0 aromatic heterocycles. The number of rotatable bonds is 3. The molecule has 1 atom stereocenters. The van der Waals surface area contributed by atoms with Crippen LogP contribution in [-0.4, -0.2) is 21.4 Å². The van der Waals surface area contributed by atoms with Gasteiger partial charge in [0.1, 0.15) is 0 Å². The SMILES string of the molecule is CC(C)(C)[SiH2]OC(C)(C)C1=CC(N)CCC1. The zero-order valence-corrected chi connectivity index (χ0v) is 12.9. The van der Waals surface area contributed by atoms with E-state index in [-0.39, 0.29) is 11.6 Å². The van der Waals surface area contributed by atoms with Gasteiger partial charge in [-0.2, -0.15) is 0 Å². The van der Waals surface area contributed by atoms with E-state index in [0.717, 1.165) is 12.8 Å². The zero-order valence-electron chi connectivity index (χ0n) is 11.5. The third kappa shape index (κ3) is 4.40. The summed E-state index contributed by atoms with van der Waals surface area (Å²) in [6.07, 6.45) is 5.70. The molecule has 0 saturated heterocycles. The van der Waals surface area contributed by atoms with Gasteiger partial charge in [-0.3, -0.25) is 0 Å². The molecule has 2 nitrogen and oxygen atoms in total. The summed E-state index contributed by atoms with van der Waals surface area (Å²) in [7, 11) is -0.498. The van der Waals surface area contributed by atoms with Crippen molar-refractivity contribution < 1.29 is 4.43 Å². The summed E-state index contributed by atoms with van der Waals surface area (Å²) < 4.78 is 6.20. The molecule has 1 rings (SSSR count). The average Bonchev–Trinajstić information content (AvgIpc) is 2.14. The van der Waals surface area contributed by atoms with E-state index in [1.54, 1.807) is 0 Å². The lowest BCUT2D eigenvalue weighted by molar-refractivity contribution is 0.143. The van der Waals surface area contributed by atoms with Crippen LogP contribution in [0.5, 0.6) is 0 Å². The Morgan fingerprint density at radius 1 is 1.31 bits per heavy atom. The first-order valence-electron chi connectivity index (χ1n) is 6.31. The molecular formula is C13H27NOSi. The predicted molar refractivity (Wildman–Crippen MR) is 73.3 cm³/mol. The third-order valence-corrected chi connectivity index (χ3v) is 4.77.